The number of ether oxygens (including phenoxy) is 1. The number of hydrogen-bond donors (Lipinski definition) is 3. The van der Waals surface area contributed by atoms with E-state index < -0.39 is 10.0 Å². The summed E-state index contributed by atoms with van der Waals surface area (Å²) in [5.74, 6) is 0.164. The molecular weight excluding hydrogens is 483 g/mol. The number of rotatable bonds is 8. The summed E-state index contributed by atoms with van der Waals surface area (Å²) in [7, 11) is -2.29. The topological polar surface area (TPSA) is 105 Å². The molecule has 0 aliphatic carbocycles. The molecule has 0 saturated carbocycles. The molecule has 0 atom stereocenters. The van der Waals surface area contributed by atoms with Crippen LogP contribution in [0.25, 0.3) is 0 Å². The summed E-state index contributed by atoms with van der Waals surface area (Å²) in [5.41, 5.74) is 1.42. The second kappa shape index (κ2) is 9.38. The van der Waals surface area contributed by atoms with Crippen LogP contribution in [0.2, 0.25) is 0 Å². The molecule has 2 aromatic carbocycles. The first kappa shape index (κ1) is 21.5. The van der Waals surface area contributed by atoms with Crippen molar-refractivity contribution >= 4 is 38.5 Å². The van der Waals surface area contributed by atoms with Crippen LogP contribution in [0.5, 0.6) is 11.5 Å². The van der Waals surface area contributed by atoms with Gasteiger partial charge in [0.2, 0.25) is 15.9 Å². The summed E-state index contributed by atoms with van der Waals surface area (Å²) in [5, 5.41) is 12.4. The molecule has 2 rings (SSSR count). The highest BCUT2D eigenvalue weighted by molar-refractivity contribution is 14.1. The van der Waals surface area contributed by atoms with Gasteiger partial charge >= 0.3 is 0 Å². The zero-order valence-electron chi connectivity index (χ0n) is 15.0. The first-order valence-corrected chi connectivity index (χ1v) is 10.7. The maximum atomic E-state index is 12.5. The molecule has 1 amide bonds. The van der Waals surface area contributed by atoms with E-state index in [2.05, 4.69) is 10.0 Å². The first-order chi connectivity index (χ1) is 12.8. The van der Waals surface area contributed by atoms with Crippen molar-refractivity contribution in [2.45, 2.75) is 24.8 Å². The van der Waals surface area contributed by atoms with E-state index in [0.29, 0.717) is 15.7 Å². The third-order valence-electron chi connectivity index (χ3n) is 3.77. The summed E-state index contributed by atoms with van der Waals surface area (Å²) in [6, 6.07) is 9.29. The molecule has 3 N–H and O–H groups in total. The minimum Gasteiger partial charge on any atom is -0.504 e. The average molecular weight is 504 g/mol. The number of phenolic OH excluding ortho intramolecular Hbond substituents is 1. The maximum absolute atomic E-state index is 12.5. The minimum absolute atomic E-state index is 0.00351. The Morgan fingerprint density at radius 3 is 2.48 bits per heavy atom. The quantitative estimate of drug-likeness (QED) is 0.478. The SMILES string of the molecule is CCNC(=O)Cc1ccc(S(=O)(=O)NCc2cc(OC)c(O)cc2I)cc1. The van der Waals surface area contributed by atoms with Gasteiger partial charge < -0.3 is 15.2 Å². The van der Waals surface area contributed by atoms with E-state index in [-0.39, 0.29) is 35.3 Å². The van der Waals surface area contributed by atoms with E-state index >= 15 is 0 Å². The van der Waals surface area contributed by atoms with Gasteiger partial charge in [-0.2, -0.15) is 0 Å². The Bertz CT molecular complexity index is 914. The lowest BCUT2D eigenvalue weighted by molar-refractivity contribution is -0.120. The third kappa shape index (κ3) is 5.81. The van der Waals surface area contributed by atoms with Crippen molar-refractivity contribution in [1.29, 1.82) is 0 Å². The van der Waals surface area contributed by atoms with Gasteiger partial charge in [0.15, 0.2) is 11.5 Å². The molecule has 9 heteroatoms. The van der Waals surface area contributed by atoms with E-state index in [4.69, 9.17) is 4.74 Å². The predicted molar refractivity (Wildman–Crippen MR) is 110 cm³/mol. The van der Waals surface area contributed by atoms with Crippen molar-refractivity contribution in [3.63, 3.8) is 0 Å². The highest BCUT2D eigenvalue weighted by atomic mass is 127. The molecule has 146 valence electrons. The van der Waals surface area contributed by atoms with Crippen molar-refractivity contribution in [1.82, 2.24) is 10.0 Å². The highest BCUT2D eigenvalue weighted by Gasteiger charge is 2.16. The molecule has 0 aliphatic rings. The van der Waals surface area contributed by atoms with Gasteiger partial charge in [0.1, 0.15) is 0 Å². The van der Waals surface area contributed by atoms with Crippen molar-refractivity contribution in [2.75, 3.05) is 13.7 Å². The van der Waals surface area contributed by atoms with Crippen LogP contribution in [0.1, 0.15) is 18.1 Å². The molecule has 0 fully saturated rings. The van der Waals surface area contributed by atoms with Gasteiger partial charge in [0.05, 0.1) is 18.4 Å². The number of benzene rings is 2. The fourth-order valence-corrected chi connectivity index (χ4v) is 4.02. The molecule has 0 unspecified atom stereocenters. The van der Waals surface area contributed by atoms with E-state index in [0.717, 1.165) is 5.56 Å². The summed E-state index contributed by atoms with van der Waals surface area (Å²) < 4.78 is 33.3. The number of sulfonamides is 1. The molecule has 0 saturated heterocycles. The number of likely N-dealkylation sites (N-methyl/N-ethyl adjacent to an activating group) is 1. The zero-order chi connectivity index (χ0) is 20.0. The molecule has 0 bridgehead atoms. The Morgan fingerprint density at radius 1 is 1.22 bits per heavy atom. The van der Waals surface area contributed by atoms with Gasteiger partial charge in [-0.25, -0.2) is 13.1 Å². The number of methoxy groups -OCH3 is 1. The van der Waals surface area contributed by atoms with Crippen molar-refractivity contribution in [3.05, 3.63) is 51.1 Å². The van der Waals surface area contributed by atoms with Gasteiger partial charge in [-0.05, 0) is 64.9 Å². The summed E-state index contributed by atoms with van der Waals surface area (Å²) >= 11 is 2.02. The van der Waals surface area contributed by atoms with E-state index in [1.54, 1.807) is 18.2 Å². The number of phenols is 1. The number of amides is 1. The smallest absolute Gasteiger partial charge is 0.240 e. The number of hydrogen-bond acceptors (Lipinski definition) is 5. The highest BCUT2D eigenvalue weighted by Crippen LogP contribution is 2.30. The van der Waals surface area contributed by atoms with Crippen LogP contribution in [0, 0.1) is 3.57 Å². The van der Waals surface area contributed by atoms with Crippen molar-refractivity contribution in [2.24, 2.45) is 0 Å². The molecule has 0 spiro atoms. The molecule has 2 aromatic rings. The lowest BCUT2D eigenvalue weighted by Crippen LogP contribution is -2.25. The van der Waals surface area contributed by atoms with Crippen LogP contribution >= 0.6 is 22.6 Å². The monoisotopic (exact) mass is 504 g/mol. The lowest BCUT2D eigenvalue weighted by Gasteiger charge is -2.11. The number of halogens is 1. The fourth-order valence-electron chi connectivity index (χ4n) is 2.37. The molecule has 0 aliphatic heterocycles. The minimum atomic E-state index is -3.72. The summed E-state index contributed by atoms with van der Waals surface area (Å²) in [4.78, 5) is 11.7. The summed E-state index contributed by atoms with van der Waals surface area (Å²) in [6.07, 6.45) is 0.201. The second-order valence-corrected chi connectivity index (χ2v) is 8.64. The number of carbonyl (C=O) groups excluding carboxylic acids is 1. The van der Waals surface area contributed by atoms with Crippen molar-refractivity contribution < 1.29 is 23.1 Å². The Labute approximate surface area is 172 Å². The number of carbonyl (C=O) groups is 1. The molecule has 27 heavy (non-hydrogen) atoms. The Hall–Kier alpha value is -1.85. The van der Waals surface area contributed by atoms with Gasteiger partial charge in [-0.1, -0.05) is 12.1 Å². The molecule has 0 aromatic heterocycles. The zero-order valence-corrected chi connectivity index (χ0v) is 17.9. The normalized spacial score (nSPS) is 11.2. The van der Waals surface area contributed by atoms with Gasteiger partial charge in [0.25, 0.3) is 0 Å². The second-order valence-electron chi connectivity index (χ2n) is 5.71. The summed E-state index contributed by atoms with van der Waals surface area (Å²) in [6.45, 7) is 2.44. The van der Waals surface area contributed by atoms with E-state index in [1.807, 2.05) is 29.5 Å². The van der Waals surface area contributed by atoms with Crippen LogP contribution in [0.4, 0.5) is 0 Å². The largest absolute Gasteiger partial charge is 0.504 e. The van der Waals surface area contributed by atoms with Crippen LogP contribution in [-0.2, 0) is 27.8 Å². The molecule has 0 radical (unpaired) electrons. The van der Waals surface area contributed by atoms with Gasteiger partial charge in [-0.15, -0.1) is 0 Å². The standard InChI is InChI=1S/C18H21IN2O5S/c1-3-20-18(23)8-12-4-6-14(7-5-12)27(24,25)21-11-13-9-17(26-2)16(22)10-15(13)19/h4-7,9-10,21-22H,3,8,11H2,1-2H3,(H,20,23). The van der Waals surface area contributed by atoms with Gasteiger partial charge in [0, 0.05) is 16.7 Å². The molecular formula is C18H21IN2O5S. The number of nitrogens with one attached hydrogen (secondary N) is 2. The Balaban J connectivity index is 2.09. The third-order valence-corrected chi connectivity index (χ3v) is 6.19. The van der Waals surface area contributed by atoms with Crippen LogP contribution in [0.3, 0.4) is 0 Å². The predicted octanol–water partition coefficient (Wildman–Crippen LogP) is 2.16. The Morgan fingerprint density at radius 2 is 1.89 bits per heavy atom. The van der Waals surface area contributed by atoms with E-state index in [9.17, 15) is 18.3 Å². The van der Waals surface area contributed by atoms with Crippen molar-refractivity contribution in [3.8, 4) is 11.5 Å². The average Bonchev–Trinajstić information content (AvgIpc) is 2.61. The maximum Gasteiger partial charge on any atom is 0.240 e. The fraction of sp³-hybridized carbons (Fsp3) is 0.278. The van der Waals surface area contributed by atoms with Crippen LogP contribution in [-0.4, -0.2) is 33.1 Å². The van der Waals surface area contributed by atoms with Crippen LogP contribution < -0.4 is 14.8 Å². The molecule has 7 nitrogen and oxygen atoms in total. The lowest BCUT2D eigenvalue weighted by atomic mass is 10.1. The van der Waals surface area contributed by atoms with E-state index in [1.165, 1.54) is 25.3 Å². The van der Waals surface area contributed by atoms with Crippen LogP contribution in [0.15, 0.2) is 41.3 Å². The first-order valence-electron chi connectivity index (χ1n) is 8.17. The number of aromatic hydroxyl groups is 1. The molecule has 0 heterocycles. The van der Waals surface area contributed by atoms with Gasteiger partial charge in [-0.3, -0.25) is 4.79 Å². The Kier molecular flexibility index (Phi) is 7.45.